The maximum atomic E-state index is 13.8. The lowest BCUT2D eigenvalue weighted by Gasteiger charge is -2.24. The van der Waals surface area contributed by atoms with Crippen LogP contribution in [-0.2, 0) is 12.8 Å². The minimum atomic E-state index is -0.314. The van der Waals surface area contributed by atoms with Gasteiger partial charge in [0.15, 0.2) is 0 Å². The first-order valence-electron chi connectivity index (χ1n) is 6.77. The molecular formula is C17H18FN. The Bertz CT molecular complexity index is 622. The van der Waals surface area contributed by atoms with Crippen molar-refractivity contribution in [1.82, 2.24) is 0 Å². The molecule has 0 amide bonds. The molecule has 0 radical (unpaired) electrons. The zero-order chi connectivity index (χ0) is 13.6. The van der Waals surface area contributed by atoms with Crippen LogP contribution in [0.3, 0.4) is 0 Å². The van der Waals surface area contributed by atoms with Crippen molar-refractivity contribution in [3.05, 3.63) is 53.0 Å². The second-order valence-electron chi connectivity index (χ2n) is 5.72. The molecule has 1 atom stereocenters. The quantitative estimate of drug-likeness (QED) is 0.518. The molecule has 1 aliphatic heterocycles. The second kappa shape index (κ2) is 4.44. The molecule has 1 nitrogen and oxygen atoms in total. The zero-order valence-electron chi connectivity index (χ0n) is 11.5. The molecule has 0 N–H and O–H groups in total. The smallest absolute Gasteiger partial charge is 0.216 e. The number of nitrogens with zero attached hydrogens (tertiary/aromatic N) is 1. The Morgan fingerprint density at radius 1 is 1.26 bits per heavy atom. The van der Waals surface area contributed by atoms with Gasteiger partial charge in [0.25, 0.3) is 0 Å². The fourth-order valence-corrected chi connectivity index (χ4v) is 2.89. The summed E-state index contributed by atoms with van der Waals surface area (Å²) in [7, 11) is 0. The molecule has 3 rings (SSSR count). The fourth-order valence-electron chi connectivity index (χ4n) is 2.89. The van der Waals surface area contributed by atoms with Crippen molar-refractivity contribution in [3.8, 4) is 0 Å². The summed E-state index contributed by atoms with van der Waals surface area (Å²) in [5.41, 5.74) is 6.54. The van der Waals surface area contributed by atoms with E-state index in [1.165, 1.54) is 16.7 Å². The van der Waals surface area contributed by atoms with Gasteiger partial charge in [-0.1, -0.05) is 37.3 Å². The van der Waals surface area contributed by atoms with E-state index >= 15 is 0 Å². The summed E-state index contributed by atoms with van der Waals surface area (Å²) in [6, 6.07) is 6.28. The maximum Gasteiger partial charge on any atom is 0.216 e. The molecule has 0 saturated carbocycles. The van der Waals surface area contributed by atoms with Gasteiger partial charge in [-0.2, -0.15) is 4.39 Å². The van der Waals surface area contributed by atoms with Crippen LogP contribution in [0.1, 0.15) is 37.0 Å². The van der Waals surface area contributed by atoms with E-state index in [-0.39, 0.29) is 5.95 Å². The van der Waals surface area contributed by atoms with E-state index < -0.39 is 0 Å². The third-order valence-electron chi connectivity index (χ3n) is 4.17. The fraction of sp³-hybridized carbons (Fsp3) is 0.353. The molecule has 2 heteroatoms. The van der Waals surface area contributed by atoms with Crippen LogP contribution in [0.5, 0.6) is 0 Å². The highest BCUT2D eigenvalue weighted by Crippen LogP contribution is 2.34. The van der Waals surface area contributed by atoms with Gasteiger partial charge in [0, 0.05) is 17.7 Å². The molecule has 1 unspecified atom stereocenters. The Balaban J connectivity index is 1.97. The average molecular weight is 255 g/mol. The highest BCUT2D eigenvalue weighted by Gasteiger charge is 2.21. The molecule has 98 valence electrons. The lowest BCUT2D eigenvalue weighted by atomic mass is 9.80. The molecule has 1 aromatic carbocycles. The molecule has 2 aliphatic rings. The van der Waals surface area contributed by atoms with E-state index in [1.807, 2.05) is 13.0 Å². The van der Waals surface area contributed by atoms with Crippen LogP contribution >= 0.6 is 0 Å². The number of rotatable bonds is 1. The Morgan fingerprint density at radius 2 is 2.05 bits per heavy atom. The number of hydrogen-bond acceptors (Lipinski definition) is 1. The molecule has 1 heterocycles. The number of fused-ring (bicyclic) bond motifs is 1. The molecule has 0 spiro atoms. The molecule has 0 bridgehead atoms. The van der Waals surface area contributed by atoms with E-state index in [1.54, 1.807) is 0 Å². The topological polar surface area (TPSA) is 12.4 Å². The number of benzene rings is 1. The van der Waals surface area contributed by atoms with Crippen molar-refractivity contribution >= 4 is 11.3 Å². The van der Waals surface area contributed by atoms with Crippen LogP contribution in [0, 0.1) is 5.92 Å². The second-order valence-corrected chi connectivity index (χ2v) is 5.72. The van der Waals surface area contributed by atoms with Crippen LogP contribution in [0.15, 0.2) is 41.3 Å². The van der Waals surface area contributed by atoms with Crippen molar-refractivity contribution in [2.75, 3.05) is 0 Å². The van der Waals surface area contributed by atoms with Gasteiger partial charge in [0.1, 0.15) is 0 Å². The van der Waals surface area contributed by atoms with Gasteiger partial charge in [-0.3, -0.25) is 0 Å². The van der Waals surface area contributed by atoms with Gasteiger partial charge in [0.2, 0.25) is 5.95 Å². The summed E-state index contributed by atoms with van der Waals surface area (Å²) in [6.07, 6.45) is 2.59. The number of halogens is 1. The standard InChI is InChI=1S/C17H18FN/c1-10-6-13-4-5-14(9-15(13)7-11(10)2)16-8-12(3)19-17(16)18/h4-5,9,11H,1,6-8H2,2-3H3. The van der Waals surface area contributed by atoms with Crippen molar-refractivity contribution in [3.63, 3.8) is 0 Å². The lowest BCUT2D eigenvalue weighted by Crippen LogP contribution is -2.14. The van der Waals surface area contributed by atoms with Gasteiger partial charge < -0.3 is 0 Å². The number of allylic oxidation sites excluding steroid dienone is 2. The summed E-state index contributed by atoms with van der Waals surface area (Å²) in [6.45, 7) is 8.21. The SMILES string of the molecule is C=C1Cc2ccc(C3=C(F)N=C(C)C3)cc2CC1C. The molecule has 0 fully saturated rings. The Kier molecular flexibility index (Phi) is 2.89. The molecule has 1 aliphatic carbocycles. The van der Waals surface area contributed by atoms with E-state index in [0.717, 1.165) is 29.7 Å². The number of hydrogen-bond donors (Lipinski definition) is 0. The first kappa shape index (κ1) is 12.3. The van der Waals surface area contributed by atoms with Crippen molar-refractivity contribution in [2.45, 2.75) is 33.1 Å². The summed E-state index contributed by atoms with van der Waals surface area (Å²) in [4.78, 5) is 3.90. The molecule has 0 saturated heterocycles. The molecular weight excluding hydrogens is 237 g/mol. The molecule has 0 aromatic heterocycles. The predicted octanol–water partition coefficient (Wildman–Crippen LogP) is 4.48. The summed E-state index contributed by atoms with van der Waals surface area (Å²) in [5, 5.41) is 0. The van der Waals surface area contributed by atoms with Gasteiger partial charge in [-0.15, -0.1) is 0 Å². The van der Waals surface area contributed by atoms with Crippen molar-refractivity contribution < 1.29 is 4.39 Å². The van der Waals surface area contributed by atoms with Crippen molar-refractivity contribution in [1.29, 1.82) is 0 Å². The first-order valence-corrected chi connectivity index (χ1v) is 6.77. The Morgan fingerprint density at radius 3 is 2.74 bits per heavy atom. The largest absolute Gasteiger partial charge is 0.229 e. The van der Waals surface area contributed by atoms with Crippen LogP contribution in [0.2, 0.25) is 0 Å². The minimum Gasteiger partial charge on any atom is -0.229 e. The van der Waals surface area contributed by atoms with Crippen LogP contribution < -0.4 is 0 Å². The number of aliphatic imine (C=N–C) groups is 1. The third-order valence-corrected chi connectivity index (χ3v) is 4.17. The maximum absolute atomic E-state index is 13.8. The van der Waals surface area contributed by atoms with E-state index in [0.29, 0.717) is 12.3 Å². The lowest BCUT2D eigenvalue weighted by molar-refractivity contribution is 0.628. The average Bonchev–Trinajstić information content (AvgIpc) is 2.69. The monoisotopic (exact) mass is 255 g/mol. The van der Waals surface area contributed by atoms with Crippen LogP contribution in [-0.4, -0.2) is 5.71 Å². The van der Waals surface area contributed by atoms with Gasteiger partial charge >= 0.3 is 0 Å². The van der Waals surface area contributed by atoms with E-state index in [4.69, 9.17) is 0 Å². The normalized spacial score (nSPS) is 22.6. The van der Waals surface area contributed by atoms with E-state index in [2.05, 4.69) is 30.6 Å². The molecule has 19 heavy (non-hydrogen) atoms. The Labute approximate surface area is 113 Å². The Hall–Kier alpha value is -1.70. The summed E-state index contributed by atoms with van der Waals surface area (Å²) >= 11 is 0. The van der Waals surface area contributed by atoms with Crippen LogP contribution in [0.4, 0.5) is 4.39 Å². The summed E-state index contributed by atoms with van der Waals surface area (Å²) < 4.78 is 13.8. The predicted molar refractivity (Wildman–Crippen MR) is 77.9 cm³/mol. The zero-order valence-corrected chi connectivity index (χ0v) is 11.5. The highest BCUT2D eigenvalue weighted by molar-refractivity contribution is 5.97. The highest BCUT2D eigenvalue weighted by atomic mass is 19.1. The van der Waals surface area contributed by atoms with E-state index in [9.17, 15) is 4.39 Å². The van der Waals surface area contributed by atoms with Crippen molar-refractivity contribution in [2.24, 2.45) is 10.9 Å². The first-order chi connectivity index (χ1) is 9.04. The van der Waals surface area contributed by atoms with Gasteiger partial charge in [-0.05, 0) is 42.4 Å². The van der Waals surface area contributed by atoms with Crippen LogP contribution in [0.25, 0.3) is 5.57 Å². The molecule has 1 aromatic rings. The van der Waals surface area contributed by atoms with Gasteiger partial charge in [-0.25, -0.2) is 4.99 Å². The van der Waals surface area contributed by atoms with Gasteiger partial charge in [0.05, 0.1) is 0 Å². The third kappa shape index (κ3) is 2.16. The minimum absolute atomic E-state index is 0.314. The summed E-state index contributed by atoms with van der Waals surface area (Å²) in [5.74, 6) is 0.203.